The summed E-state index contributed by atoms with van der Waals surface area (Å²) in [5.74, 6) is 1.12. The highest BCUT2D eigenvalue weighted by atomic mass is 16.8. The number of hydroxylamine groups is 1. The van der Waals surface area contributed by atoms with Gasteiger partial charge in [0.15, 0.2) is 0 Å². The van der Waals surface area contributed by atoms with E-state index in [0.717, 1.165) is 5.69 Å². The molecule has 0 amide bonds. The van der Waals surface area contributed by atoms with E-state index in [9.17, 15) is 0 Å². The molecule has 0 spiro atoms. The van der Waals surface area contributed by atoms with Gasteiger partial charge in [-0.15, -0.1) is 0 Å². The molecule has 3 rings (SSSR count). The highest BCUT2D eigenvalue weighted by molar-refractivity contribution is 5.47. The third kappa shape index (κ3) is 1.46. The summed E-state index contributed by atoms with van der Waals surface area (Å²) < 4.78 is 4.88. The first-order chi connectivity index (χ1) is 7.34. The number of hydrogen-bond acceptors (Lipinski definition) is 5. The molecule has 1 saturated heterocycles. The lowest BCUT2D eigenvalue weighted by atomic mass is 10.3. The summed E-state index contributed by atoms with van der Waals surface area (Å²) in [6.07, 6.45) is -0.204. The Kier molecular flexibility index (Phi) is 1.72. The molecule has 1 atom stereocenters. The molecule has 5 nitrogen and oxygen atoms in total. The van der Waals surface area contributed by atoms with Crippen molar-refractivity contribution in [2.75, 3.05) is 5.06 Å². The van der Waals surface area contributed by atoms with Gasteiger partial charge >= 0.3 is 0 Å². The average molecular weight is 203 g/mol. The van der Waals surface area contributed by atoms with E-state index in [1.54, 1.807) is 12.0 Å². The summed E-state index contributed by atoms with van der Waals surface area (Å²) in [6.45, 7) is 1.76. The lowest BCUT2D eigenvalue weighted by molar-refractivity contribution is 0.362. The van der Waals surface area contributed by atoms with Gasteiger partial charge in [0, 0.05) is 6.92 Å². The van der Waals surface area contributed by atoms with E-state index in [-0.39, 0.29) is 6.23 Å². The first kappa shape index (κ1) is 8.43. The molecule has 0 aliphatic carbocycles. The normalized spacial score (nSPS) is 19.3. The van der Waals surface area contributed by atoms with E-state index in [4.69, 9.17) is 9.36 Å². The zero-order valence-electron chi connectivity index (χ0n) is 8.12. The van der Waals surface area contributed by atoms with Crippen molar-refractivity contribution in [1.82, 2.24) is 10.1 Å². The number of anilines is 1. The van der Waals surface area contributed by atoms with Crippen molar-refractivity contribution in [3.05, 3.63) is 42.0 Å². The SMILES string of the molecule is Cc1nc(C2ON2c2ccccc2)no1. The van der Waals surface area contributed by atoms with Crippen molar-refractivity contribution in [2.45, 2.75) is 13.2 Å². The molecule has 2 aromatic rings. The lowest BCUT2D eigenvalue weighted by Crippen LogP contribution is -1.95. The fraction of sp³-hybridized carbons (Fsp3) is 0.200. The van der Waals surface area contributed by atoms with Gasteiger partial charge in [-0.3, -0.25) is 0 Å². The molecule has 0 bridgehead atoms. The van der Waals surface area contributed by atoms with Crippen molar-refractivity contribution < 1.29 is 9.36 Å². The maximum Gasteiger partial charge on any atom is 0.244 e. The first-order valence-corrected chi connectivity index (χ1v) is 4.66. The Morgan fingerprint density at radius 2 is 2.07 bits per heavy atom. The van der Waals surface area contributed by atoms with Gasteiger partial charge in [0.25, 0.3) is 0 Å². The molecule has 15 heavy (non-hydrogen) atoms. The molecule has 5 heteroatoms. The van der Waals surface area contributed by atoms with Crippen molar-refractivity contribution in [2.24, 2.45) is 0 Å². The van der Waals surface area contributed by atoms with Crippen LogP contribution in [0.2, 0.25) is 0 Å². The molecule has 1 aromatic carbocycles. The third-order valence-electron chi connectivity index (χ3n) is 2.16. The van der Waals surface area contributed by atoms with Crippen LogP contribution in [-0.2, 0) is 4.84 Å². The minimum atomic E-state index is -0.204. The van der Waals surface area contributed by atoms with Gasteiger partial charge in [-0.1, -0.05) is 23.4 Å². The number of hydrogen-bond donors (Lipinski definition) is 0. The van der Waals surface area contributed by atoms with Crippen molar-refractivity contribution in [3.63, 3.8) is 0 Å². The lowest BCUT2D eigenvalue weighted by Gasteiger charge is -1.95. The van der Waals surface area contributed by atoms with E-state index >= 15 is 0 Å². The first-order valence-electron chi connectivity index (χ1n) is 4.66. The summed E-state index contributed by atoms with van der Waals surface area (Å²) in [4.78, 5) is 9.45. The van der Waals surface area contributed by atoms with Crippen LogP contribution >= 0.6 is 0 Å². The van der Waals surface area contributed by atoms with E-state index in [2.05, 4.69) is 10.1 Å². The Labute approximate surface area is 86.2 Å². The number of para-hydroxylation sites is 1. The zero-order chi connectivity index (χ0) is 10.3. The van der Waals surface area contributed by atoms with Crippen LogP contribution in [0.15, 0.2) is 34.9 Å². The molecule has 1 aliphatic rings. The fourth-order valence-corrected chi connectivity index (χ4v) is 1.42. The Bertz CT molecular complexity index is 469. The van der Waals surface area contributed by atoms with Crippen LogP contribution in [0.3, 0.4) is 0 Å². The highest BCUT2D eigenvalue weighted by Crippen LogP contribution is 2.39. The molecule has 0 saturated carbocycles. The van der Waals surface area contributed by atoms with Crippen molar-refractivity contribution >= 4 is 5.69 Å². The van der Waals surface area contributed by atoms with Gasteiger partial charge in [0.2, 0.25) is 17.9 Å². The summed E-state index contributed by atoms with van der Waals surface area (Å²) in [7, 11) is 0. The monoisotopic (exact) mass is 203 g/mol. The molecule has 1 fully saturated rings. The van der Waals surface area contributed by atoms with Gasteiger partial charge < -0.3 is 4.52 Å². The third-order valence-corrected chi connectivity index (χ3v) is 2.16. The summed E-state index contributed by atoms with van der Waals surface area (Å²) in [5, 5.41) is 5.54. The molecule has 1 aromatic heterocycles. The fourth-order valence-electron chi connectivity index (χ4n) is 1.42. The van der Waals surface area contributed by atoms with Crippen LogP contribution in [0.25, 0.3) is 0 Å². The van der Waals surface area contributed by atoms with Crippen molar-refractivity contribution in [3.8, 4) is 0 Å². The molecule has 1 aliphatic heterocycles. The second-order valence-corrected chi connectivity index (χ2v) is 3.29. The predicted octanol–water partition coefficient (Wildman–Crippen LogP) is 1.83. The molecular formula is C10H9N3O2. The second kappa shape index (κ2) is 3.06. The standard InChI is InChI=1S/C10H9N3O2/c1-7-11-9(12-14-7)10-13(15-10)8-5-3-2-4-6-8/h2-6,10H,1H3. The number of aromatic nitrogens is 2. The summed E-state index contributed by atoms with van der Waals surface area (Å²) in [6, 6.07) is 9.80. The predicted molar refractivity (Wildman–Crippen MR) is 51.8 cm³/mol. The molecule has 0 N–H and O–H groups in total. The van der Waals surface area contributed by atoms with E-state index in [1.165, 1.54) is 0 Å². The molecule has 2 heterocycles. The van der Waals surface area contributed by atoms with Crippen molar-refractivity contribution in [1.29, 1.82) is 0 Å². The number of rotatable bonds is 2. The molecule has 1 unspecified atom stereocenters. The highest BCUT2D eigenvalue weighted by Gasteiger charge is 2.42. The molecular weight excluding hydrogens is 194 g/mol. The number of aryl methyl sites for hydroxylation is 1. The molecule has 0 radical (unpaired) electrons. The minimum Gasteiger partial charge on any atom is -0.340 e. The van der Waals surface area contributed by atoms with Crippen LogP contribution in [0.1, 0.15) is 17.9 Å². The van der Waals surface area contributed by atoms with Crippen LogP contribution in [0, 0.1) is 6.92 Å². The van der Waals surface area contributed by atoms with E-state index in [0.29, 0.717) is 11.7 Å². The average Bonchev–Trinajstić information content (AvgIpc) is 2.96. The minimum absolute atomic E-state index is 0.204. The number of benzene rings is 1. The quantitative estimate of drug-likeness (QED) is 0.697. The van der Waals surface area contributed by atoms with Crippen LogP contribution < -0.4 is 5.06 Å². The molecule has 76 valence electrons. The second-order valence-electron chi connectivity index (χ2n) is 3.29. The maximum absolute atomic E-state index is 5.35. The summed E-state index contributed by atoms with van der Waals surface area (Å²) >= 11 is 0. The topological polar surface area (TPSA) is 54.5 Å². The van der Waals surface area contributed by atoms with E-state index < -0.39 is 0 Å². The Morgan fingerprint density at radius 3 is 2.73 bits per heavy atom. The zero-order valence-corrected chi connectivity index (χ0v) is 8.12. The van der Waals surface area contributed by atoms with Gasteiger partial charge in [0.05, 0.1) is 5.69 Å². The van der Waals surface area contributed by atoms with Crippen LogP contribution in [0.4, 0.5) is 5.69 Å². The van der Waals surface area contributed by atoms with Gasteiger partial charge in [-0.25, -0.2) is 9.90 Å². The van der Waals surface area contributed by atoms with Gasteiger partial charge in [0.1, 0.15) is 0 Å². The number of nitrogens with zero attached hydrogens (tertiary/aromatic N) is 3. The smallest absolute Gasteiger partial charge is 0.244 e. The van der Waals surface area contributed by atoms with Crippen LogP contribution in [0.5, 0.6) is 0 Å². The largest absolute Gasteiger partial charge is 0.340 e. The van der Waals surface area contributed by atoms with E-state index in [1.807, 2.05) is 30.3 Å². The van der Waals surface area contributed by atoms with Gasteiger partial charge in [-0.2, -0.15) is 4.98 Å². The van der Waals surface area contributed by atoms with Gasteiger partial charge in [-0.05, 0) is 12.1 Å². The Morgan fingerprint density at radius 1 is 1.27 bits per heavy atom. The Hall–Kier alpha value is -1.88. The van der Waals surface area contributed by atoms with Crippen LogP contribution in [-0.4, -0.2) is 10.1 Å². The Balaban J connectivity index is 1.80. The maximum atomic E-state index is 5.35. The summed E-state index contributed by atoms with van der Waals surface area (Å²) in [5.41, 5.74) is 0.991.